The number of aromatic nitrogens is 2. The predicted octanol–water partition coefficient (Wildman–Crippen LogP) is 3.63. The second kappa shape index (κ2) is 4.91. The average Bonchev–Trinajstić information content (AvgIpc) is 3.10. The Bertz CT molecular complexity index is 703. The summed E-state index contributed by atoms with van der Waals surface area (Å²) in [5.41, 5.74) is 3.82. The minimum Gasteiger partial charge on any atom is -0.478 e. The number of carboxylic acid groups (broad SMARTS) is 1. The Morgan fingerprint density at radius 2 is 1.95 bits per heavy atom. The Morgan fingerprint density at radius 3 is 2.58 bits per heavy atom. The van der Waals surface area contributed by atoms with Crippen LogP contribution in [0.3, 0.4) is 0 Å². The molecule has 3 aromatic rings. The zero-order valence-corrected chi connectivity index (χ0v) is 11.2. The summed E-state index contributed by atoms with van der Waals surface area (Å²) in [5.74, 6) is -0.921. The molecule has 1 N–H and O–H groups in total. The lowest BCUT2D eigenvalue weighted by Crippen LogP contribution is -1.94. The van der Waals surface area contributed by atoms with Gasteiger partial charge in [-0.05, 0) is 12.1 Å². The molecule has 0 aliphatic carbocycles. The standard InChI is InChI=1S/C13H8N2O2S2/c16-13(17)9-3-1-8(2-4-9)10-6-18-12(15-10)11-5-14-7-19-11/h1-7H,(H,16,17). The molecule has 0 aliphatic rings. The van der Waals surface area contributed by atoms with Crippen molar-refractivity contribution in [2.45, 2.75) is 0 Å². The molecule has 0 spiro atoms. The highest BCUT2D eigenvalue weighted by molar-refractivity contribution is 7.20. The smallest absolute Gasteiger partial charge is 0.335 e. The van der Waals surface area contributed by atoms with Crippen molar-refractivity contribution in [3.05, 3.63) is 46.9 Å². The second-order valence-corrected chi connectivity index (χ2v) is 5.53. The van der Waals surface area contributed by atoms with Crippen LogP contribution < -0.4 is 0 Å². The fourth-order valence-corrected chi connectivity index (χ4v) is 3.15. The normalized spacial score (nSPS) is 10.5. The third-order valence-corrected chi connectivity index (χ3v) is 4.36. The molecular formula is C13H8N2O2S2. The van der Waals surface area contributed by atoms with Crippen LogP contribution in [-0.4, -0.2) is 21.0 Å². The molecule has 6 heteroatoms. The SMILES string of the molecule is O=C(O)c1ccc(-c2csc(-c3cncs3)n2)cc1. The molecule has 94 valence electrons. The number of hydrogen-bond donors (Lipinski definition) is 1. The van der Waals surface area contributed by atoms with E-state index < -0.39 is 5.97 Å². The topological polar surface area (TPSA) is 63.1 Å². The van der Waals surface area contributed by atoms with E-state index in [2.05, 4.69) is 9.97 Å². The Hall–Kier alpha value is -2.05. The first-order chi connectivity index (χ1) is 9.24. The zero-order valence-electron chi connectivity index (χ0n) is 9.61. The van der Waals surface area contributed by atoms with Crippen molar-refractivity contribution in [3.63, 3.8) is 0 Å². The van der Waals surface area contributed by atoms with E-state index in [1.54, 1.807) is 58.6 Å². The molecule has 0 fully saturated rings. The molecule has 0 bridgehead atoms. The van der Waals surface area contributed by atoms with Gasteiger partial charge in [0.05, 0.1) is 21.6 Å². The van der Waals surface area contributed by atoms with Crippen molar-refractivity contribution < 1.29 is 9.90 Å². The molecule has 0 amide bonds. The van der Waals surface area contributed by atoms with Crippen LogP contribution >= 0.6 is 22.7 Å². The van der Waals surface area contributed by atoms with E-state index >= 15 is 0 Å². The lowest BCUT2D eigenvalue weighted by Gasteiger charge is -1.97. The van der Waals surface area contributed by atoms with Crippen LogP contribution in [0.25, 0.3) is 21.1 Å². The zero-order chi connectivity index (χ0) is 13.2. The number of carboxylic acids is 1. The van der Waals surface area contributed by atoms with Gasteiger partial charge in [0.25, 0.3) is 0 Å². The number of nitrogens with zero attached hydrogens (tertiary/aromatic N) is 2. The summed E-state index contributed by atoms with van der Waals surface area (Å²) in [6.07, 6.45) is 1.79. The summed E-state index contributed by atoms with van der Waals surface area (Å²) < 4.78 is 0. The van der Waals surface area contributed by atoms with Gasteiger partial charge in [-0.3, -0.25) is 4.98 Å². The van der Waals surface area contributed by atoms with Gasteiger partial charge in [-0.15, -0.1) is 22.7 Å². The predicted molar refractivity (Wildman–Crippen MR) is 75.6 cm³/mol. The molecule has 0 aliphatic heterocycles. The van der Waals surface area contributed by atoms with Crippen molar-refractivity contribution in [3.8, 4) is 21.1 Å². The molecule has 2 aromatic heterocycles. The molecule has 0 unspecified atom stereocenters. The Labute approximate surface area is 117 Å². The molecule has 0 radical (unpaired) electrons. The number of rotatable bonds is 3. The maximum atomic E-state index is 10.8. The first-order valence-electron chi connectivity index (χ1n) is 5.42. The maximum absolute atomic E-state index is 10.8. The maximum Gasteiger partial charge on any atom is 0.335 e. The monoisotopic (exact) mass is 288 g/mol. The Balaban J connectivity index is 1.92. The summed E-state index contributed by atoms with van der Waals surface area (Å²) in [4.78, 5) is 20.4. The van der Waals surface area contributed by atoms with Crippen molar-refractivity contribution >= 4 is 28.6 Å². The minimum atomic E-state index is -0.921. The van der Waals surface area contributed by atoms with Crippen molar-refractivity contribution in [2.75, 3.05) is 0 Å². The van der Waals surface area contributed by atoms with Gasteiger partial charge in [0.1, 0.15) is 5.01 Å². The van der Waals surface area contributed by atoms with Crippen molar-refractivity contribution in [1.29, 1.82) is 0 Å². The van der Waals surface area contributed by atoms with E-state index in [1.165, 1.54) is 0 Å². The third kappa shape index (κ3) is 2.40. The first kappa shape index (κ1) is 12.0. The molecule has 0 saturated carbocycles. The quantitative estimate of drug-likeness (QED) is 0.799. The second-order valence-electron chi connectivity index (χ2n) is 3.79. The molecular weight excluding hydrogens is 280 g/mol. The highest BCUT2D eigenvalue weighted by Gasteiger charge is 2.08. The van der Waals surface area contributed by atoms with Crippen molar-refractivity contribution in [1.82, 2.24) is 9.97 Å². The number of thiazole rings is 2. The lowest BCUT2D eigenvalue weighted by atomic mass is 10.1. The van der Waals surface area contributed by atoms with Crippen LogP contribution in [0.1, 0.15) is 10.4 Å². The van der Waals surface area contributed by atoms with Crippen LogP contribution in [0.2, 0.25) is 0 Å². The summed E-state index contributed by atoms with van der Waals surface area (Å²) in [6.45, 7) is 0. The van der Waals surface area contributed by atoms with Crippen LogP contribution in [0.5, 0.6) is 0 Å². The van der Waals surface area contributed by atoms with E-state index in [9.17, 15) is 4.79 Å². The molecule has 2 heterocycles. The Kier molecular flexibility index (Phi) is 3.10. The van der Waals surface area contributed by atoms with Gasteiger partial charge in [0, 0.05) is 17.1 Å². The van der Waals surface area contributed by atoms with E-state index in [0.29, 0.717) is 0 Å². The van der Waals surface area contributed by atoms with Gasteiger partial charge < -0.3 is 5.11 Å². The number of hydrogen-bond acceptors (Lipinski definition) is 5. The van der Waals surface area contributed by atoms with E-state index in [0.717, 1.165) is 21.1 Å². The number of carbonyl (C=O) groups is 1. The van der Waals surface area contributed by atoms with E-state index in [4.69, 9.17) is 5.11 Å². The van der Waals surface area contributed by atoms with Gasteiger partial charge in [-0.1, -0.05) is 12.1 Å². The molecule has 19 heavy (non-hydrogen) atoms. The Morgan fingerprint density at radius 1 is 1.16 bits per heavy atom. The van der Waals surface area contributed by atoms with Crippen LogP contribution in [0.15, 0.2) is 41.4 Å². The summed E-state index contributed by atoms with van der Waals surface area (Å²) >= 11 is 3.11. The molecule has 0 saturated heterocycles. The van der Waals surface area contributed by atoms with Crippen LogP contribution in [0.4, 0.5) is 0 Å². The van der Waals surface area contributed by atoms with Gasteiger partial charge in [-0.25, -0.2) is 9.78 Å². The van der Waals surface area contributed by atoms with Crippen LogP contribution in [-0.2, 0) is 0 Å². The summed E-state index contributed by atoms with van der Waals surface area (Å²) in [5, 5.41) is 11.7. The molecule has 4 nitrogen and oxygen atoms in total. The summed E-state index contributed by atoms with van der Waals surface area (Å²) in [6, 6.07) is 6.72. The first-order valence-corrected chi connectivity index (χ1v) is 7.18. The molecule has 3 rings (SSSR count). The number of aromatic carboxylic acids is 1. The van der Waals surface area contributed by atoms with Gasteiger partial charge >= 0.3 is 5.97 Å². The fourth-order valence-electron chi connectivity index (χ4n) is 1.62. The highest BCUT2D eigenvalue weighted by Crippen LogP contribution is 2.30. The van der Waals surface area contributed by atoms with E-state index in [1.807, 2.05) is 5.38 Å². The average molecular weight is 288 g/mol. The third-order valence-electron chi connectivity index (χ3n) is 2.57. The largest absolute Gasteiger partial charge is 0.478 e. The minimum absolute atomic E-state index is 0.279. The lowest BCUT2D eigenvalue weighted by molar-refractivity contribution is 0.0697. The van der Waals surface area contributed by atoms with Gasteiger partial charge in [0.2, 0.25) is 0 Å². The van der Waals surface area contributed by atoms with E-state index in [-0.39, 0.29) is 5.56 Å². The molecule has 1 aromatic carbocycles. The fraction of sp³-hybridized carbons (Fsp3) is 0. The highest BCUT2D eigenvalue weighted by atomic mass is 32.1. The van der Waals surface area contributed by atoms with Crippen LogP contribution in [0, 0.1) is 0 Å². The van der Waals surface area contributed by atoms with Gasteiger partial charge in [0.15, 0.2) is 0 Å². The molecule has 0 atom stereocenters. The number of benzene rings is 1. The van der Waals surface area contributed by atoms with Crippen molar-refractivity contribution in [2.24, 2.45) is 0 Å². The summed E-state index contributed by atoms with van der Waals surface area (Å²) in [7, 11) is 0. The van der Waals surface area contributed by atoms with Gasteiger partial charge in [-0.2, -0.15) is 0 Å².